The fourth-order valence-corrected chi connectivity index (χ4v) is 0.728. The van der Waals surface area contributed by atoms with E-state index in [0.717, 1.165) is 0 Å². The molecular weight excluding hydrogens is 164 g/mol. The minimum atomic E-state index is -1.33. The van der Waals surface area contributed by atoms with Crippen LogP contribution in [0.2, 0.25) is 0 Å². The predicted molar refractivity (Wildman–Crippen MR) is 40.9 cm³/mol. The van der Waals surface area contributed by atoms with E-state index in [9.17, 15) is 9.59 Å². The van der Waals surface area contributed by atoms with Crippen LogP contribution in [0.4, 0.5) is 4.79 Å². The number of hydrogen-bond acceptors (Lipinski definition) is 3. The second-order valence-electron chi connectivity index (χ2n) is 2.27. The molecule has 0 aromatic heterocycles. The molecule has 6 heteroatoms. The molecule has 0 aromatic carbocycles. The highest BCUT2D eigenvalue weighted by Crippen LogP contribution is 1.95. The van der Waals surface area contributed by atoms with Gasteiger partial charge in [0, 0.05) is 0 Å². The van der Waals surface area contributed by atoms with Gasteiger partial charge >= 0.3 is 12.1 Å². The number of carboxylic acids is 1. The van der Waals surface area contributed by atoms with Crippen LogP contribution < -0.4 is 11.1 Å². The van der Waals surface area contributed by atoms with Crippen molar-refractivity contribution in [1.82, 2.24) is 5.32 Å². The van der Waals surface area contributed by atoms with Crippen LogP contribution in [0.3, 0.4) is 0 Å². The average Bonchev–Trinajstić information content (AvgIpc) is 1.96. The molecule has 5 N–H and O–H groups in total. The molecule has 6 nitrogen and oxygen atoms in total. The number of carboxylic acid groups (broad SMARTS) is 2. The summed E-state index contributed by atoms with van der Waals surface area (Å²) < 4.78 is 0. The van der Waals surface area contributed by atoms with Gasteiger partial charge in [-0.05, 0) is 19.4 Å². The molecule has 0 aliphatic heterocycles. The summed E-state index contributed by atoms with van der Waals surface area (Å²) in [7, 11) is 0. The van der Waals surface area contributed by atoms with Gasteiger partial charge in [-0.3, -0.25) is 0 Å². The lowest BCUT2D eigenvalue weighted by Gasteiger charge is -2.10. The van der Waals surface area contributed by atoms with Crippen molar-refractivity contribution < 1.29 is 19.8 Å². The lowest BCUT2D eigenvalue weighted by atomic mass is 10.1. The molecule has 1 amide bonds. The monoisotopic (exact) mass is 176 g/mol. The maximum absolute atomic E-state index is 10.4. The highest BCUT2D eigenvalue weighted by Gasteiger charge is 2.18. The minimum absolute atomic E-state index is 0.220. The van der Waals surface area contributed by atoms with Gasteiger partial charge in [0.1, 0.15) is 6.04 Å². The molecule has 0 heterocycles. The van der Waals surface area contributed by atoms with Gasteiger partial charge in [0.2, 0.25) is 0 Å². The average molecular weight is 176 g/mol. The highest BCUT2D eigenvalue weighted by atomic mass is 16.4. The van der Waals surface area contributed by atoms with E-state index in [1.165, 1.54) is 0 Å². The third-order valence-electron chi connectivity index (χ3n) is 1.29. The van der Waals surface area contributed by atoms with Gasteiger partial charge in [-0.2, -0.15) is 0 Å². The van der Waals surface area contributed by atoms with Crippen LogP contribution in [0.1, 0.15) is 12.8 Å². The van der Waals surface area contributed by atoms with Crippen LogP contribution >= 0.6 is 0 Å². The Balaban J connectivity index is 3.87. The molecule has 0 radical (unpaired) electrons. The molecule has 12 heavy (non-hydrogen) atoms. The van der Waals surface area contributed by atoms with E-state index in [1.54, 1.807) is 0 Å². The molecule has 0 rings (SSSR count). The molecule has 0 fully saturated rings. The first kappa shape index (κ1) is 10.7. The molecule has 0 bridgehead atoms. The minimum Gasteiger partial charge on any atom is -0.480 e. The van der Waals surface area contributed by atoms with Gasteiger partial charge in [0.05, 0.1) is 0 Å². The number of carbonyl (C=O) groups is 2. The van der Waals surface area contributed by atoms with Crippen molar-refractivity contribution in [3.05, 3.63) is 0 Å². The zero-order chi connectivity index (χ0) is 9.56. The summed E-state index contributed by atoms with van der Waals surface area (Å²) in [5, 5.41) is 18.6. The number of hydrogen-bond donors (Lipinski definition) is 4. The Kier molecular flexibility index (Phi) is 4.78. The fraction of sp³-hybridized carbons (Fsp3) is 0.667. The molecule has 0 saturated heterocycles. The lowest BCUT2D eigenvalue weighted by molar-refractivity contribution is -0.139. The summed E-state index contributed by atoms with van der Waals surface area (Å²) >= 11 is 0. The Morgan fingerprint density at radius 3 is 2.33 bits per heavy atom. The molecule has 0 spiro atoms. The Bertz CT molecular complexity index is 171. The Hall–Kier alpha value is -1.30. The number of rotatable bonds is 5. The number of aliphatic carboxylic acids is 1. The normalized spacial score (nSPS) is 12.1. The third-order valence-corrected chi connectivity index (χ3v) is 1.29. The van der Waals surface area contributed by atoms with Gasteiger partial charge in [-0.1, -0.05) is 0 Å². The quantitative estimate of drug-likeness (QED) is 0.448. The first-order valence-corrected chi connectivity index (χ1v) is 3.50. The van der Waals surface area contributed by atoms with Crippen LogP contribution in [0.25, 0.3) is 0 Å². The maximum atomic E-state index is 10.4. The van der Waals surface area contributed by atoms with E-state index >= 15 is 0 Å². The Morgan fingerprint density at radius 2 is 2.00 bits per heavy atom. The van der Waals surface area contributed by atoms with Crippen LogP contribution in [-0.4, -0.2) is 34.9 Å². The van der Waals surface area contributed by atoms with E-state index in [0.29, 0.717) is 13.0 Å². The molecule has 0 aromatic rings. The second-order valence-corrected chi connectivity index (χ2v) is 2.27. The first-order chi connectivity index (χ1) is 5.57. The predicted octanol–water partition coefficient (Wildman–Crippen LogP) is -0.554. The van der Waals surface area contributed by atoms with Crippen LogP contribution in [0.15, 0.2) is 0 Å². The van der Waals surface area contributed by atoms with Crippen molar-refractivity contribution in [2.45, 2.75) is 18.9 Å². The summed E-state index contributed by atoms with van der Waals surface area (Å²) in [5.41, 5.74) is 5.14. The SMILES string of the molecule is NCCC[C@H](NC(=O)O)C(=O)O. The first-order valence-electron chi connectivity index (χ1n) is 3.50. The fourth-order valence-electron chi connectivity index (χ4n) is 0.728. The zero-order valence-electron chi connectivity index (χ0n) is 6.49. The van der Waals surface area contributed by atoms with Gasteiger partial charge in [-0.15, -0.1) is 0 Å². The smallest absolute Gasteiger partial charge is 0.405 e. The highest BCUT2D eigenvalue weighted by molar-refractivity contribution is 5.78. The second kappa shape index (κ2) is 5.36. The molecule has 0 saturated carbocycles. The zero-order valence-corrected chi connectivity index (χ0v) is 6.49. The summed E-state index contributed by atoms with van der Waals surface area (Å²) in [6.45, 7) is 0.352. The van der Waals surface area contributed by atoms with Crippen molar-refractivity contribution >= 4 is 12.1 Å². The van der Waals surface area contributed by atoms with E-state index < -0.39 is 18.1 Å². The standard InChI is InChI=1S/C6H12N2O4/c7-3-1-2-4(5(9)10)8-6(11)12/h4,8H,1-3,7H2,(H,9,10)(H,11,12)/t4-/m0/s1. The van der Waals surface area contributed by atoms with Gasteiger partial charge in [-0.25, -0.2) is 9.59 Å². The Morgan fingerprint density at radius 1 is 1.42 bits per heavy atom. The topological polar surface area (TPSA) is 113 Å². The molecule has 0 unspecified atom stereocenters. The van der Waals surface area contributed by atoms with E-state index in [4.69, 9.17) is 15.9 Å². The lowest BCUT2D eigenvalue weighted by Crippen LogP contribution is -2.40. The molecule has 0 aliphatic carbocycles. The maximum Gasteiger partial charge on any atom is 0.405 e. The third kappa shape index (κ3) is 4.51. The van der Waals surface area contributed by atoms with E-state index in [2.05, 4.69) is 0 Å². The molecule has 70 valence electrons. The van der Waals surface area contributed by atoms with Crippen LogP contribution in [-0.2, 0) is 4.79 Å². The number of nitrogens with one attached hydrogen (secondary N) is 1. The summed E-state index contributed by atoms with van der Waals surface area (Å²) in [5.74, 6) is -1.18. The van der Waals surface area contributed by atoms with Crippen LogP contribution in [0.5, 0.6) is 0 Å². The van der Waals surface area contributed by atoms with Gasteiger partial charge in [0.25, 0.3) is 0 Å². The van der Waals surface area contributed by atoms with Crippen molar-refractivity contribution in [2.75, 3.05) is 6.54 Å². The Labute approximate surface area is 69.4 Å². The van der Waals surface area contributed by atoms with E-state index in [-0.39, 0.29) is 6.42 Å². The molecular formula is C6H12N2O4. The van der Waals surface area contributed by atoms with Crippen molar-refractivity contribution in [3.63, 3.8) is 0 Å². The number of nitrogens with two attached hydrogens (primary N) is 1. The van der Waals surface area contributed by atoms with Crippen molar-refractivity contribution in [2.24, 2.45) is 5.73 Å². The number of amides is 1. The summed E-state index contributed by atoms with van der Waals surface area (Å²) in [4.78, 5) is 20.4. The van der Waals surface area contributed by atoms with Crippen molar-refractivity contribution in [1.29, 1.82) is 0 Å². The largest absolute Gasteiger partial charge is 0.480 e. The van der Waals surface area contributed by atoms with Gasteiger partial charge in [0.15, 0.2) is 0 Å². The molecule has 0 aliphatic rings. The van der Waals surface area contributed by atoms with Gasteiger partial charge < -0.3 is 21.3 Å². The van der Waals surface area contributed by atoms with Crippen molar-refractivity contribution in [3.8, 4) is 0 Å². The summed E-state index contributed by atoms with van der Waals surface area (Å²) in [6.07, 6.45) is -0.630. The van der Waals surface area contributed by atoms with Crippen LogP contribution in [0, 0.1) is 0 Å². The molecule has 1 atom stereocenters. The van der Waals surface area contributed by atoms with E-state index in [1.807, 2.05) is 5.32 Å². The summed E-state index contributed by atoms with van der Waals surface area (Å²) in [6, 6.07) is -1.05.